The average molecular weight is 316 g/mol. The van der Waals surface area contributed by atoms with Gasteiger partial charge in [-0.15, -0.1) is 11.3 Å². The minimum absolute atomic E-state index is 1.13. The topological polar surface area (TPSA) is 0 Å². The zero-order valence-corrected chi connectivity index (χ0v) is 11.4. The van der Waals surface area contributed by atoms with Gasteiger partial charge in [0.15, 0.2) is 0 Å². The van der Waals surface area contributed by atoms with E-state index >= 15 is 0 Å². The first-order valence-electron chi connectivity index (χ1n) is 4.96. The summed E-state index contributed by atoms with van der Waals surface area (Å²) in [5.74, 6) is 0. The molecule has 1 heterocycles. The number of rotatable bonds is 2. The van der Waals surface area contributed by atoms with Crippen LogP contribution in [-0.2, 0) is 12.8 Å². The van der Waals surface area contributed by atoms with Crippen molar-refractivity contribution in [2.24, 2.45) is 0 Å². The predicted molar refractivity (Wildman–Crippen MR) is 73.3 cm³/mol. The van der Waals surface area contributed by atoms with E-state index in [-0.39, 0.29) is 0 Å². The summed E-state index contributed by atoms with van der Waals surface area (Å²) < 4.78 is 2.86. The highest BCUT2D eigenvalue weighted by atomic mass is 127. The van der Waals surface area contributed by atoms with E-state index in [0.29, 0.717) is 0 Å². The van der Waals surface area contributed by atoms with Crippen molar-refractivity contribution in [2.45, 2.75) is 26.7 Å². The average Bonchev–Trinajstić information content (AvgIpc) is 2.63. The fourth-order valence-corrected chi connectivity index (χ4v) is 3.53. The Morgan fingerprint density at radius 2 is 2.00 bits per heavy atom. The van der Waals surface area contributed by atoms with Crippen LogP contribution in [0.1, 0.15) is 24.3 Å². The Morgan fingerprint density at radius 3 is 2.64 bits per heavy atom. The van der Waals surface area contributed by atoms with Gasteiger partial charge in [0.25, 0.3) is 0 Å². The molecule has 0 aliphatic heterocycles. The van der Waals surface area contributed by atoms with Crippen LogP contribution in [0, 0.1) is 3.57 Å². The van der Waals surface area contributed by atoms with Gasteiger partial charge in [-0.05, 0) is 58.5 Å². The lowest BCUT2D eigenvalue weighted by Gasteiger charge is -2.00. The van der Waals surface area contributed by atoms with E-state index in [0.717, 1.165) is 12.8 Å². The molecular formula is C12H13IS. The molecular weight excluding hydrogens is 303 g/mol. The largest absolute Gasteiger partial charge is 0.139 e. The maximum atomic E-state index is 2.43. The van der Waals surface area contributed by atoms with Crippen LogP contribution >= 0.6 is 33.9 Å². The van der Waals surface area contributed by atoms with Gasteiger partial charge in [-0.3, -0.25) is 0 Å². The number of fused-ring (bicyclic) bond motifs is 1. The Labute approximate surface area is 102 Å². The molecule has 74 valence electrons. The van der Waals surface area contributed by atoms with Crippen LogP contribution in [0.5, 0.6) is 0 Å². The van der Waals surface area contributed by atoms with E-state index in [1.807, 2.05) is 11.3 Å². The highest BCUT2D eigenvalue weighted by Gasteiger charge is 2.07. The number of hydrogen-bond donors (Lipinski definition) is 0. The Hall–Kier alpha value is -0.0900. The highest BCUT2D eigenvalue weighted by Crippen LogP contribution is 2.32. The molecule has 0 spiro atoms. The second-order valence-corrected chi connectivity index (χ2v) is 5.67. The first kappa shape index (κ1) is 10.4. The molecule has 1 aromatic heterocycles. The summed E-state index contributed by atoms with van der Waals surface area (Å²) in [5.41, 5.74) is 1.48. The molecule has 0 N–H and O–H groups in total. The smallest absolute Gasteiger partial charge is 0.0481 e. The minimum atomic E-state index is 1.13. The van der Waals surface area contributed by atoms with Crippen LogP contribution < -0.4 is 0 Å². The molecule has 0 aliphatic rings. The van der Waals surface area contributed by atoms with Crippen molar-refractivity contribution in [2.75, 3.05) is 0 Å². The van der Waals surface area contributed by atoms with Crippen molar-refractivity contribution in [1.82, 2.24) is 0 Å². The first-order chi connectivity index (χ1) is 6.76. The Bertz CT molecular complexity index is 457. The molecule has 0 saturated heterocycles. The monoisotopic (exact) mass is 316 g/mol. The van der Waals surface area contributed by atoms with E-state index in [2.05, 4.69) is 54.6 Å². The third-order valence-electron chi connectivity index (χ3n) is 2.51. The molecule has 0 saturated carbocycles. The third-order valence-corrected chi connectivity index (χ3v) is 5.08. The van der Waals surface area contributed by atoms with Crippen molar-refractivity contribution in [1.29, 1.82) is 0 Å². The van der Waals surface area contributed by atoms with Gasteiger partial charge in [0.2, 0.25) is 0 Å². The van der Waals surface area contributed by atoms with E-state index in [1.54, 1.807) is 0 Å². The first-order valence-corrected chi connectivity index (χ1v) is 6.85. The summed E-state index contributed by atoms with van der Waals surface area (Å²) in [5, 5.41) is 1.47. The maximum Gasteiger partial charge on any atom is 0.0481 e. The van der Waals surface area contributed by atoms with Crippen LogP contribution in [0.2, 0.25) is 0 Å². The standard InChI is InChI=1S/C12H13IS/c1-3-8-5-6-11(13)12-10(8)7-9(4-2)14-12/h5-7H,3-4H2,1-2H3. The van der Waals surface area contributed by atoms with E-state index in [9.17, 15) is 0 Å². The summed E-state index contributed by atoms with van der Waals surface area (Å²) in [6.07, 6.45) is 2.28. The molecule has 14 heavy (non-hydrogen) atoms. The van der Waals surface area contributed by atoms with Crippen LogP contribution in [0.4, 0.5) is 0 Å². The Morgan fingerprint density at radius 1 is 1.21 bits per heavy atom. The summed E-state index contributed by atoms with van der Waals surface area (Å²) in [6, 6.07) is 6.86. The van der Waals surface area contributed by atoms with Gasteiger partial charge in [0.1, 0.15) is 0 Å². The SMILES string of the molecule is CCc1cc2c(CC)ccc(I)c2s1. The fraction of sp³-hybridized carbons (Fsp3) is 0.333. The van der Waals surface area contributed by atoms with Crippen LogP contribution in [0.25, 0.3) is 10.1 Å². The summed E-state index contributed by atoms with van der Waals surface area (Å²) in [4.78, 5) is 1.50. The van der Waals surface area contributed by atoms with Gasteiger partial charge >= 0.3 is 0 Å². The Kier molecular flexibility index (Phi) is 3.12. The van der Waals surface area contributed by atoms with Crippen LogP contribution in [-0.4, -0.2) is 0 Å². The third kappa shape index (κ3) is 1.70. The van der Waals surface area contributed by atoms with E-state index in [1.165, 1.54) is 24.1 Å². The molecule has 0 nitrogen and oxygen atoms in total. The number of halogens is 1. The van der Waals surface area contributed by atoms with Gasteiger partial charge in [-0.1, -0.05) is 19.9 Å². The molecule has 1 aromatic carbocycles. The number of benzene rings is 1. The molecule has 0 bridgehead atoms. The van der Waals surface area contributed by atoms with Crippen molar-refractivity contribution in [3.05, 3.63) is 32.2 Å². The number of hydrogen-bond acceptors (Lipinski definition) is 1. The zero-order valence-electron chi connectivity index (χ0n) is 8.43. The molecule has 0 atom stereocenters. The number of aryl methyl sites for hydroxylation is 2. The lowest BCUT2D eigenvalue weighted by molar-refractivity contribution is 1.16. The van der Waals surface area contributed by atoms with Crippen LogP contribution in [0.3, 0.4) is 0 Å². The molecule has 2 rings (SSSR count). The normalized spacial score (nSPS) is 11.1. The summed E-state index contributed by atoms with van der Waals surface area (Å²) in [7, 11) is 0. The Balaban J connectivity index is 2.74. The number of thiophene rings is 1. The second-order valence-electron chi connectivity index (χ2n) is 3.37. The second kappa shape index (κ2) is 4.19. The summed E-state index contributed by atoms with van der Waals surface area (Å²) in [6.45, 7) is 4.45. The lowest BCUT2D eigenvalue weighted by Crippen LogP contribution is -1.81. The molecule has 0 unspecified atom stereocenters. The van der Waals surface area contributed by atoms with Crippen molar-refractivity contribution >= 4 is 44.0 Å². The van der Waals surface area contributed by atoms with Gasteiger partial charge in [-0.25, -0.2) is 0 Å². The van der Waals surface area contributed by atoms with E-state index in [4.69, 9.17) is 0 Å². The minimum Gasteiger partial charge on any atom is -0.139 e. The van der Waals surface area contributed by atoms with Crippen LogP contribution in [0.15, 0.2) is 18.2 Å². The van der Waals surface area contributed by atoms with Gasteiger partial charge in [0, 0.05) is 13.1 Å². The van der Waals surface area contributed by atoms with Crippen molar-refractivity contribution in [3.8, 4) is 0 Å². The maximum absolute atomic E-state index is 2.43. The highest BCUT2D eigenvalue weighted by molar-refractivity contribution is 14.1. The summed E-state index contributed by atoms with van der Waals surface area (Å²) >= 11 is 4.38. The van der Waals surface area contributed by atoms with Gasteiger partial charge in [0.05, 0.1) is 0 Å². The fourth-order valence-electron chi connectivity index (χ4n) is 1.68. The molecule has 2 heteroatoms. The lowest BCUT2D eigenvalue weighted by atomic mass is 10.1. The molecule has 0 radical (unpaired) electrons. The van der Waals surface area contributed by atoms with Crippen molar-refractivity contribution in [3.63, 3.8) is 0 Å². The van der Waals surface area contributed by atoms with Gasteiger partial charge in [-0.2, -0.15) is 0 Å². The molecule has 2 aromatic rings. The predicted octanol–water partition coefficient (Wildman–Crippen LogP) is 4.63. The quantitative estimate of drug-likeness (QED) is 0.709. The zero-order chi connectivity index (χ0) is 10.1. The molecule has 0 amide bonds. The molecule has 0 aliphatic carbocycles. The van der Waals surface area contributed by atoms with Gasteiger partial charge < -0.3 is 0 Å². The van der Waals surface area contributed by atoms with E-state index < -0.39 is 0 Å². The van der Waals surface area contributed by atoms with Crippen molar-refractivity contribution < 1.29 is 0 Å². The molecule has 0 fully saturated rings.